The van der Waals surface area contributed by atoms with Gasteiger partial charge in [0.05, 0.1) is 0 Å². The van der Waals surface area contributed by atoms with Crippen molar-refractivity contribution in [2.45, 2.75) is 32.1 Å². The van der Waals surface area contributed by atoms with Crippen LogP contribution in [0.1, 0.15) is 30.4 Å². The third-order valence-corrected chi connectivity index (χ3v) is 5.56. The first-order chi connectivity index (χ1) is 13.2. The van der Waals surface area contributed by atoms with Gasteiger partial charge < -0.3 is 10.2 Å². The number of amides is 1. The van der Waals surface area contributed by atoms with E-state index in [9.17, 15) is 4.79 Å². The summed E-state index contributed by atoms with van der Waals surface area (Å²) in [6.07, 6.45) is 4.89. The van der Waals surface area contributed by atoms with Gasteiger partial charge in [0.2, 0.25) is 5.91 Å². The summed E-state index contributed by atoms with van der Waals surface area (Å²) < 4.78 is 0. The number of halogens is 1. The van der Waals surface area contributed by atoms with Gasteiger partial charge in [-0.25, -0.2) is 0 Å². The van der Waals surface area contributed by atoms with E-state index < -0.39 is 0 Å². The van der Waals surface area contributed by atoms with E-state index in [1.54, 1.807) is 0 Å². The highest BCUT2D eigenvalue weighted by atomic mass is 35.5. The summed E-state index contributed by atoms with van der Waals surface area (Å²) in [5.74, 6) is 1.26. The zero-order valence-electron chi connectivity index (χ0n) is 16.8. The van der Waals surface area contributed by atoms with Crippen LogP contribution in [0.4, 0.5) is 0 Å². The Morgan fingerprint density at radius 2 is 1.61 bits per heavy atom. The average Bonchev–Trinajstić information content (AvgIpc) is 2.70. The van der Waals surface area contributed by atoms with Gasteiger partial charge in [0.25, 0.3) is 0 Å². The molecule has 4 heteroatoms. The molecule has 0 saturated carbocycles. The molecule has 1 atom stereocenters. The first-order valence-corrected chi connectivity index (χ1v) is 10.2. The lowest BCUT2D eigenvalue weighted by atomic mass is 9.89. The molecule has 1 fully saturated rings. The Morgan fingerprint density at radius 1 is 1.04 bits per heavy atom. The molecule has 2 aromatic rings. The maximum atomic E-state index is 13.0. The monoisotopic (exact) mass is 400 g/mol. The van der Waals surface area contributed by atoms with Crippen molar-refractivity contribution in [1.82, 2.24) is 10.2 Å². The quantitative estimate of drug-likeness (QED) is 0.714. The van der Waals surface area contributed by atoms with Crippen molar-refractivity contribution < 1.29 is 4.79 Å². The topological polar surface area (TPSA) is 32.3 Å². The minimum absolute atomic E-state index is 0. The molecule has 3 rings (SSSR count). The maximum absolute atomic E-state index is 13.0. The summed E-state index contributed by atoms with van der Waals surface area (Å²) in [4.78, 5) is 15.1. The van der Waals surface area contributed by atoms with Gasteiger partial charge in [-0.15, -0.1) is 12.4 Å². The molecule has 1 amide bonds. The largest absolute Gasteiger partial charge is 0.342 e. The summed E-state index contributed by atoms with van der Waals surface area (Å²) in [6.45, 7) is 2.83. The van der Waals surface area contributed by atoms with Crippen LogP contribution in [-0.2, 0) is 17.6 Å². The van der Waals surface area contributed by atoms with Crippen LogP contribution in [0.5, 0.6) is 0 Å². The van der Waals surface area contributed by atoms with Crippen LogP contribution in [0.15, 0.2) is 60.7 Å². The van der Waals surface area contributed by atoms with Gasteiger partial charge in [-0.05, 0) is 62.2 Å². The molecule has 1 aliphatic heterocycles. The zero-order valence-corrected chi connectivity index (χ0v) is 17.7. The standard InChI is InChI=1S/C24H32N2O.ClH/c1-25-18-22-13-8-14-26(19-22)24(27)17-23(15-20-9-4-2-5-10-20)16-21-11-6-3-7-12-21;/h2-7,9-12,22-23,25H,8,13-19H2,1H3;1H. The van der Waals surface area contributed by atoms with Crippen molar-refractivity contribution in [2.24, 2.45) is 11.8 Å². The first kappa shape index (κ1) is 22.4. The molecule has 1 N–H and O–H groups in total. The highest BCUT2D eigenvalue weighted by molar-refractivity contribution is 5.85. The number of benzene rings is 2. The number of likely N-dealkylation sites (tertiary alicyclic amines) is 1. The Morgan fingerprint density at radius 3 is 2.14 bits per heavy atom. The van der Waals surface area contributed by atoms with Gasteiger partial charge in [-0.3, -0.25) is 4.79 Å². The highest BCUT2D eigenvalue weighted by Crippen LogP contribution is 2.22. The fourth-order valence-electron chi connectivity index (χ4n) is 4.23. The summed E-state index contributed by atoms with van der Waals surface area (Å²) in [5.41, 5.74) is 2.64. The van der Waals surface area contributed by atoms with Crippen LogP contribution in [0.2, 0.25) is 0 Å². The number of nitrogens with one attached hydrogen (secondary N) is 1. The van der Waals surface area contributed by atoms with Crippen LogP contribution in [0.3, 0.4) is 0 Å². The molecule has 1 unspecified atom stereocenters. The highest BCUT2D eigenvalue weighted by Gasteiger charge is 2.25. The molecule has 0 aliphatic carbocycles. The minimum atomic E-state index is 0. The van der Waals surface area contributed by atoms with E-state index in [4.69, 9.17) is 0 Å². The van der Waals surface area contributed by atoms with Crippen LogP contribution < -0.4 is 5.32 Å². The molecule has 28 heavy (non-hydrogen) atoms. The van der Waals surface area contributed by atoms with Crippen molar-refractivity contribution in [2.75, 3.05) is 26.7 Å². The Hall–Kier alpha value is -1.84. The Labute approximate surface area is 175 Å². The minimum Gasteiger partial charge on any atom is -0.342 e. The third-order valence-electron chi connectivity index (χ3n) is 5.56. The predicted molar refractivity (Wildman–Crippen MR) is 119 cm³/mol. The molecule has 2 aromatic carbocycles. The molecule has 1 aliphatic rings. The van der Waals surface area contributed by atoms with E-state index in [1.807, 2.05) is 7.05 Å². The van der Waals surface area contributed by atoms with E-state index >= 15 is 0 Å². The summed E-state index contributed by atoms with van der Waals surface area (Å²) in [6, 6.07) is 21.1. The van der Waals surface area contributed by atoms with Crippen molar-refractivity contribution >= 4 is 18.3 Å². The van der Waals surface area contributed by atoms with E-state index in [0.717, 1.165) is 38.9 Å². The van der Waals surface area contributed by atoms with Crippen molar-refractivity contribution in [3.63, 3.8) is 0 Å². The van der Waals surface area contributed by atoms with Gasteiger partial charge in [-0.2, -0.15) is 0 Å². The molecule has 0 spiro atoms. The van der Waals surface area contributed by atoms with Gasteiger partial charge in [0.1, 0.15) is 0 Å². The van der Waals surface area contributed by atoms with Crippen LogP contribution >= 0.6 is 12.4 Å². The SMILES string of the molecule is CNCC1CCCN(C(=O)CC(Cc2ccccc2)Cc2ccccc2)C1.Cl. The van der Waals surface area contributed by atoms with Crippen molar-refractivity contribution in [3.05, 3.63) is 71.8 Å². The van der Waals surface area contributed by atoms with Crippen LogP contribution in [0.25, 0.3) is 0 Å². The number of hydrogen-bond acceptors (Lipinski definition) is 2. The number of nitrogens with zero attached hydrogens (tertiary/aromatic N) is 1. The van der Waals surface area contributed by atoms with Gasteiger partial charge in [-0.1, -0.05) is 60.7 Å². The fourth-order valence-corrected chi connectivity index (χ4v) is 4.23. The second kappa shape index (κ2) is 11.9. The summed E-state index contributed by atoms with van der Waals surface area (Å²) in [5, 5.41) is 3.27. The van der Waals surface area contributed by atoms with E-state index in [1.165, 1.54) is 17.5 Å². The number of carbonyl (C=O) groups excluding carboxylic acids is 1. The third kappa shape index (κ3) is 6.96. The normalized spacial score (nSPS) is 16.6. The van der Waals surface area contributed by atoms with E-state index in [2.05, 4.69) is 70.9 Å². The molecular formula is C24H33ClN2O. The fraction of sp³-hybridized carbons (Fsp3) is 0.458. The lowest BCUT2D eigenvalue weighted by molar-refractivity contribution is -0.134. The molecular weight excluding hydrogens is 368 g/mol. The van der Waals surface area contributed by atoms with Gasteiger partial charge >= 0.3 is 0 Å². The van der Waals surface area contributed by atoms with E-state index in [-0.39, 0.29) is 12.4 Å². The van der Waals surface area contributed by atoms with Crippen molar-refractivity contribution in [3.8, 4) is 0 Å². The van der Waals surface area contributed by atoms with Crippen molar-refractivity contribution in [1.29, 1.82) is 0 Å². The van der Waals surface area contributed by atoms with Gasteiger partial charge in [0.15, 0.2) is 0 Å². The smallest absolute Gasteiger partial charge is 0.222 e. The molecule has 0 aromatic heterocycles. The Kier molecular flexibility index (Phi) is 9.52. The molecule has 0 bridgehead atoms. The summed E-state index contributed by atoms with van der Waals surface area (Å²) >= 11 is 0. The number of carbonyl (C=O) groups is 1. The van der Waals surface area contributed by atoms with E-state index in [0.29, 0.717) is 24.2 Å². The first-order valence-electron chi connectivity index (χ1n) is 10.2. The lowest BCUT2D eigenvalue weighted by Gasteiger charge is -2.33. The average molecular weight is 401 g/mol. The number of rotatable bonds is 8. The summed E-state index contributed by atoms with van der Waals surface area (Å²) in [7, 11) is 2.00. The Bertz CT molecular complexity index is 649. The van der Waals surface area contributed by atoms with Gasteiger partial charge in [0, 0.05) is 19.5 Å². The molecule has 1 heterocycles. The maximum Gasteiger partial charge on any atom is 0.222 e. The lowest BCUT2D eigenvalue weighted by Crippen LogP contribution is -2.43. The predicted octanol–water partition coefficient (Wildman–Crippen LogP) is 4.36. The Balaban J connectivity index is 0.00000280. The number of hydrogen-bond donors (Lipinski definition) is 1. The van der Waals surface area contributed by atoms with Crippen LogP contribution in [0, 0.1) is 11.8 Å². The second-order valence-electron chi connectivity index (χ2n) is 7.86. The molecule has 152 valence electrons. The molecule has 1 saturated heterocycles. The second-order valence-corrected chi connectivity index (χ2v) is 7.86. The molecule has 0 radical (unpaired) electrons. The zero-order chi connectivity index (χ0) is 18.9. The van der Waals surface area contributed by atoms with Crippen LogP contribution in [-0.4, -0.2) is 37.5 Å². The number of piperidine rings is 1. The molecule has 3 nitrogen and oxygen atoms in total.